The van der Waals surface area contributed by atoms with Crippen molar-refractivity contribution in [3.05, 3.63) is 30.4 Å². The average Bonchev–Trinajstić information content (AvgIpc) is 2.78. The highest BCUT2D eigenvalue weighted by molar-refractivity contribution is 5.75. The molecular formula is C10H11N5O2. The van der Waals surface area contributed by atoms with Crippen molar-refractivity contribution in [3.8, 4) is 11.4 Å². The molecular weight excluding hydrogens is 222 g/mol. The van der Waals surface area contributed by atoms with Gasteiger partial charge in [-0.3, -0.25) is 15.1 Å². The van der Waals surface area contributed by atoms with Gasteiger partial charge in [0, 0.05) is 18.0 Å². The molecule has 7 nitrogen and oxygen atoms in total. The van der Waals surface area contributed by atoms with E-state index in [-0.39, 0.29) is 6.54 Å². The maximum atomic E-state index is 10.5. The van der Waals surface area contributed by atoms with Gasteiger partial charge in [-0.2, -0.15) is 4.98 Å². The number of rotatable bonds is 5. The molecule has 0 aromatic carbocycles. The molecule has 3 N–H and O–H groups in total. The molecule has 0 atom stereocenters. The first-order valence-electron chi connectivity index (χ1n) is 4.97. The fourth-order valence-corrected chi connectivity index (χ4v) is 1.24. The minimum Gasteiger partial charge on any atom is -0.369 e. The topological polar surface area (TPSA) is 107 Å². The molecule has 0 fully saturated rings. The Bertz CT molecular complexity index is 496. The lowest BCUT2D eigenvalue weighted by Gasteiger charge is -1.95. The molecule has 0 spiro atoms. The van der Waals surface area contributed by atoms with Gasteiger partial charge in [0.15, 0.2) is 0 Å². The predicted octanol–water partition coefficient (Wildman–Crippen LogP) is -0.294. The molecule has 0 unspecified atom stereocenters. The molecule has 0 bridgehead atoms. The molecule has 2 aromatic heterocycles. The molecule has 2 aromatic rings. The highest BCUT2D eigenvalue weighted by Crippen LogP contribution is 2.13. The van der Waals surface area contributed by atoms with Crippen molar-refractivity contribution in [1.82, 2.24) is 20.4 Å². The Balaban J connectivity index is 1.99. The maximum absolute atomic E-state index is 10.5. The molecule has 7 heteroatoms. The summed E-state index contributed by atoms with van der Waals surface area (Å²) in [5.41, 5.74) is 5.80. The number of primary amides is 1. The number of aromatic nitrogens is 3. The van der Waals surface area contributed by atoms with Crippen LogP contribution in [0.25, 0.3) is 11.4 Å². The number of carbonyl (C=O) groups excluding carboxylic acids is 1. The zero-order valence-corrected chi connectivity index (χ0v) is 8.96. The third-order valence-electron chi connectivity index (χ3n) is 1.98. The van der Waals surface area contributed by atoms with Gasteiger partial charge in [-0.25, -0.2) is 0 Å². The molecule has 0 radical (unpaired) electrons. The molecule has 0 aliphatic heterocycles. The average molecular weight is 233 g/mol. The Morgan fingerprint density at radius 1 is 1.41 bits per heavy atom. The molecule has 17 heavy (non-hydrogen) atoms. The summed E-state index contributed by atoms with van der Waals surface area (Å²) in [6, 6.07) is 3.57. The van der Waals surface area contributed by atoms with Crippen LogP contribution >= 0.6 is 0 Å². The van der Waals surface area contributed by atoms with Crippen molar-refractivity contribution in [2.75, 3.05) is 6.54 Å². The summed E-state index contributed by atoms with van der Waals surface area (Å²) in [7, 11) is 0. The van der Waals surface area contributed by atoms with Crippen molar-refractivity contribution >= 4 is 5.91 Å². The number of hydrogen-bond acceptors (Lipinski definition) is 6. The van der Waals surface area contributed by atoms with Crippen LogP contribution in [0.15, 0.2) is 29.0 Å². The second-order valence-corrected chi connectivity index (χ2v) is 3.32. The Labute approximate surface area is 97.0 Å². The SMILES string of the molecule is NC(=O)CNCc1nc(-c2ccncc2)no1. The number of nitrogens with one attached hydrogen (secondary N) is 1. The first-order chi connectivity index (χ1) is 8.25. The third-order valence-corrected chi connectivity index (χ3v) is 1.98. The van der Waals surface area contributed by atoms with Gasteiger partial charge in [0.25, 0.3) is 0 Å². The van der Waals surface area contributed by atoms with Crippen LogP contribution in [0.5, 0.6) is 0 Å². The largest absolute Gasteiger partial charge is 0.369 e. The van der Waals surface area contributed by atoms with Gasteiger partial charge >= 0.3 is 0 Å². The van der Waals surface area contributed by atoms with E-state index in [0.717, 1.165) is 5.56 Å². The van der Waals surface area contributed by atoms with Gasteiger partial charge in [0.05, 0.1) is 13.1 Å². The van der Waals surface area contributed by atoms with Gasteiger partial charge in [-0.15, -0.1) is 0 Å². The summed E-state index contributed by atoms with van der Waals surface area (Å²) in [4.78, 5) is 18.6. The van der Waals surface area contributed by atoms with Crippen molar-refractivity contribution in [2.45, 2.75) is 6.54 Å². The summed E-state index contributed by atoms with van der Waals surface area (Å²) in [6.45, 7) is 0.383. The third kappa shape index (κ3) is 3.08. The van der Waals surface area contributed by atoms with Gasteiger partial charge in [0.2, 0.25) is 17.6 Å². The van der Waals surface area contributed by atoms with Crippen molar-refractivity contribution in [1.29, 1.82) is 0 Å². The summed E-state index contributed by atoms with van der Waals surface area (Å²) in [6.07, 6.45) is 3.30. The number of amides is 1. The number of pyridine rings is 1. The van der Waals surface area contributed by atoms with Crippen molar-refractivity contribution < 1.29 is 9.32 Å². The lowest BCUT2D eigenvalue weighted by Crippen LogP contribution is -2.28. The Morgan fingerprint density at radius 2 is 2.18 bits per heavy atom. The second kappa shape index (κ2) is 5.17. The molecule has 1 amide bonds. The lowest BCUT2D eigenvalue weighted by molar-refractivity contribution is -0.117. The summed E-state index contributed by atoms with van der Waals surface area (Å²) in [5, 5.41) is 6.60. The van der Waals surface area contributed by atoms with E-state index >= 15 is 0 Å². The van der Waals surface area contributed by atoms with Gasteiger partial charge in [0.1, 0.15) is 0 Å². The fourth-order valence-electron chi connectivity index (χ4n) is 1.24. The van der Waals surface area contributed by atoms with E-state index in [1.807, 2.05) is 0 Å². The van der Waals surface area contributed by atoms with E-state index in [2.05, 4.69) is 20.4 Å². The molecule has 0 aliphatic rings. The van der Waals surface area contributed by atoms with E-state index in [1.165, 1.54) is 0 Å². The molecule has 88 valence electrons. The van der Waals surface area contributed by atoms with Crippen LogP contribution in [0, 0.1) is 0 Å². The van der Waals surface area contributed by atoms with E-state index in [9.17, 15) is 4.79 Å². The molecule has 2 heterocycles. The Hall–Kier alpha value is -2.28. The van der Waals surface area contributed by atoms with E-state index in [0.29, 0.717) is 18.3 Å². The van der Waals surface area contributed by atoms with Gasteiger partial charge in [-0.1, -0.05) is 5.16 Å². The van der Waals surface area contributed by atoms with E-state index in [1.54, 1.807) is 24.5 Å². The quantitative estimate of drug-likeness (QED) is 0.734. The minimum atomic E-state index is -0.432. The van der Waals surface area contributed by atoms with Crippen LogP contribution < -0.4 is 11.1 Å². The first kappa shape index (κ1) is 11.2. The van der Waals surface area contributed by atoms with Crippen LogP contribution in [0.1, 0.15) is 5.89 Å². The van der Waals surface area contributed by atoms with Crippen molar-refractivity contribution in [3.63, 3.8) is 0 Å². The number of carbonyl (C=O) groups is 1. The van der Waals surface area contributed by atoms with Gasteiger partial charge < -0.3 is 10.3 Å². The summed E-state index contributed by atoms with van der Waals surface area (Å²) < 4.78 is 5.00. The van der Waals surface area contributed by atoms with Crippen LogP contribution in [-0.2, 0) is 11.3 Å². The maximum Gasteiger partial charge on any atom is 0.240 e. The number of nitrogens with zero attached hydrogens (tertiary/aromatic N) is 3. The van der Waals surface area contributed by atoms with E-state index in [4.69, 9.17) is 10.3 Å². The van der Waals surface area contributed by atoms with Gasteiger partial charge in [-0.05, 0) is 12.1 Å². The normalized spacial score (nSPS) is 10.4. The first-order valence-corrected chi connectivity index (χ1v) is 4.97. The standard InChI is InChI=1S/C10H11N5O2/c11-8(16)5-13-6-9-14-10(15-17-9)7-1-3-12-4-2-7/h1-4,13H,5-6H2,(H2,11,16). The minimum absolute atomic E-state index is 0.0764. The van der Waals surface area contributed by atoms with Crippen molar-refractivity contribution in [2.24, 2.45) is 5.73 Å². The predicted molar refractivity (Wildman–Crippen MR) is 58.4 cm³/mol. The highest BCUT2D eigenvalue weighted by Gasteiger charge is 2.07. The zero-order chi connectivity index (χ0) is 12.1. The monoisotopic (exact) mass is 233 g/mol. The van der Waals surface area contributed by atoms with E-state index < -0.39 is 5.91 Å². The molecule has 0 aliphatic carbocycles. The Morgan fingerprint density at radius 3 is 2.88 bits per heavy atom. The Kier molecular flexibility index (Phi) is 3.41. The lowest BCUT2D eigenvalue weighted by atomic mass is 10.2. The number of hydrogen-bond donors (Lipinski definition) is 2. The highest BCUT2D eigenvalue weighted by atomic mass is 16.5. The molecule has 0 saturated heterocycles. The number of nitrogens with two attached hydrogens (primary N) is 1. The zero-order valence-electron chi connectivity index (χ0n) is 8.96. The smallest absolute Gasteiger partial charge is 0.240 e. The second-order valence-electron chi connectivity index (χ2n) is 3.32. The van der Waals surface area contributed by atoms with Crippen LogP contribution in [-0.4, -0.2) is 27.6 Å². The molecule has 2 rings (SSSR count). The summed E-state index contributed by atoms with van der Waals surface area (Å²) >= 11 is 0. The van der Waals surface area contributed by atoms with Crippen LogP contribution in [0.4, 0.5) is 0 Å². The van der Waals surface area contributed by atoms with Crippen LogP contribution in [0.2, 0.25) is 0 Å². The fraction of sp³-hybridized carbons (Fsp3) is 0.200. The summed E-state index contributed by atoms with van der Waals surface area (Å²) in [5.74, 6) is 0.459. The van der Waals surface area contributed by atoms with Crippen LogP contribution in [0.3, 0.4) is 0 Å². The molecule has 0 saturated carbocycles.